The Kier molecular flexibility index (Phi) is 7.86. The smallest absolute Gasteiger partial charge is 0.415 e. The zero-order chi connectivity index (χ0) is 18.8. The number of amides is 1. The van der Waals surface area contributed by atoms with Crippen molar-refractivity contribution in [1.82, 2.24) is 4.90 Å². The van der Waals surface area contributed by atoms with Crippen molar-refractivity contribution in [2.24, 2.45) is 0 Å². The van der Waals surface area contributed by atoms with Crippen LogP contribution in [-0.2, 0) is 14.3 Å². The Morgan fingerprint density at radius 3 is 2.77 bits per heavy atom. The van der Waals surface area contributed by atoms with Crippen LogP contribution in [0.15, 0.2) is 42.5 Å². The molecule has 1 amide bonds. The first-order chi connectivity index (χ1) is 12.6. The molecule has 1 aliphatic heterocycles. The molecule has 26 heavy (non-hydrogen) atoms. The molecule has 1 heterocycles. The van der Waals surface area contributed by atoms with E-state index in [2.05, 4.69) is 0 Å². The lowest BCUT2D eigenvalue weighted by molar-refractivity contribution is -0.137. The van der Waals surface area contributed by atoms with Crippen LogP contribution < -0.4 is 4.74 Å². The molecule has 1 aromatic rings. The van der Waals surface area contributed by atoms with Crippen LogP contribution in [0.2, 0.25) is 0 Å². The van der Waals surface area contributed by atoms with E-state index in [-0.39, 0.29) is 17.8 Å². The number of ketones is 1. The van der Waals surface area contributed by atoms with Gasteiger partial charge < -0.3 is 14.4 Å². The van der Waals surface area contributed by atoms with Gasteiger partial charge >= 0.3 is 12.1 Å². The third-order valence-corrected chi connectivity index (χ3v) is 4.17. The molecular weight excluding hydrogens is 334 g/mol. The lowest BCUT2D eigenvalue weighted by Gasteiger charge is -2.34. The monoisotopic (exact) mass is 359 g/mol. The van der Waals surface area contributed by atoms with Gasteiger partial charge in [-0.15, -0.1) is 0 Å². The molecule has 140 valence electrons. The maximum atomic E-state index is 12.5. The molecule has 0 aromatic heterocycles. The number of nitrogens with zero attached hydrogens (tertiary/aromatic N) is 1. The van der Waals surface area contributed by atoms with Gasteiger partial charge in [0.1, 0.15) is 11.5 Å². The summed E-state index contributed by atoms with van der Waals surface area (Å²) in [4.78, 5) is 37.1. The van der Waals surface area contributed by atoms with Crippen LogP contribution in [0, 0.1) is 0 Å². The molecule has 0 aliphatic carbocycles. The first-order valence-electron chi connectivity index (χ1n) is 8.98. The van der Waals surface area contributed by atoms with E-state index in [1.165, 1.54) is 6.08 Å². The minimum atomic E-state index is -0.421. The van der Waals surface area contributed by atoms with Gasteiger partial charge in [0, 0.05) is 31.5 Å². The Bertz CT molecular complexity index is 641. The number of para-hydroxylation sites is 1. The highest BCUT2D eigenvalue weighted by Gasteiger charge is 2.31. The van der Waals surface area contributed by atoms with Gasteiger partial charge in [0.15, 0.2) is 0 Å². The molecule has 1 saturated heterocycles. The van der Waals surface area contributed by atoms with Gasteiger partial charge in [0.05, 0.1) is 6.61 Å². The zero-order valence-electron chi connectivity index (χ0n) is 15.1. The number of benzene rings is 1. The summed E-state index contributed by atoms with van der Waals surface area (Å²) in [6, 6.07) is 8.74. The van der Waals surface area contributed by atoms with E-state index in [0.29, 0.717) is 44.6 Å². The normalized spacial score (nSPS) is 17.3. The molecule has 1 aromatic carbocycles. The number of hydrogen-bond donors (Lipinski definition) is 0. The minimum Gasteiger partial charge on any atom is -0.463 e. The van der Waals surface area contributed by atoms with E-state index >= 15 is 0 Å². The summed E-state index contributed by atoms with van der Waals surface area (Å²) in [5, 5.41) is 0. The first kappa shape index (κ1) is 19.7. The van der Waals surface area contributed by atoms with E-state index in [9.17, 15) is 14.4 Å². The summed E-state index contributed by atoms with van der Waals surface area (Å²) < 4.78 is 10.2. The maximum absolute atomic E-state index is 12.5. The van der Waals surface area contributed by atoms with Gasteiger partial charge in [0.25, 0.3) is 0 Å². The standard InChI is InChI=1S/C20H25NO5/c1-2-25-19(23)12-8-3-5-9-16-15-17(22)13-14-21(16)20(24)26-18-10-6-4-7-11-18/h4,6-8,10-12,16H,2-3,5,9,13-15H2,1H3/b12-8+. The number of Topliss-reactive ketones (excluding diaryl/α,β-unsaturated/α-hetero) is 1. The Hall–Kier alpha value is -2.63. The summed E-state index contributed by atoms with van der Waals surface area (Å²) in [6.45, 7) is 2.49. The Balaban J connectivity index is 1.85. The van der Waals surface area contributed by atoms with Gasteiger partial charge in [-0.1, -0.05) is 24.3 Å². The summed E-state index contributed by atoms with van der Waals surface area (Å²) in [7, 11) is 0. The first-order valence-corrected chi connectivity index (χ1v) is 8.98. The van der Waals surface area contributed by atoms with Crippen molar-refractivity contribution in [2.45, 2.75) is 45.1 Å². The molecule has 0 radical (unpaired) electrons. The number of hydrogen-bond acceptors (Lipinski definition) is 5. The third kappa shape index (κ3) is 6.35. The van der Waals surface area contributed by atoms with Gasteiger partial charge in [0.2, 0.25) is 0 Å². The van der Waals surface area contributed by atoms with Crippen LogP contribution >= 0.6 is 0 Å². The molecule has 1 aliphatic rings. The van der Waals surface area contributed by atoms with Crippen molar-refractivity contribution in [3.63, 3.8) is 0 Å². The number of carbonyl (C=O) groups is 3. The van der Waals surface area contributed by atoms with Crippen LogP contribution in [-0.4, -0.2) is 41.9 Å². The van der Waals surface area contributed by atoms with E-state index in [1.54, 1.807) is 42.2 Å². The Morgan fingerprint density at radius 1 is 1.27 bits per heavy atom. The highest BCUT2D eigenvalue weighted by molar-refractivity contribution is 5.83. The van der Waals surface area contributed by atoms with E-state index in [0.717, 1.165) is 6.42 Å². The van der Waals surface area contributed by atoms with Gasteiger partial charge in [-0.3, -0.25) is 4.79 Å². The molecule has 2 rings (SSSR count). The molecule has 0 N–H and O–H groups in total. The predicted molar refractivity (Wildman–Crippen MR) is 96.8 cm³/mol. The lowest BCUT2D eigenvalue weighted by atomic mass is 9.96. The van der Waals surface area contributed by atoms with Crippen LogP contribution in [0.3, 0.4) is 0 Å². The molecule has 6 heteroatoms. The predicted octanol–water partition coefficient (Wildman–Crippen LogP) is 3.51. The summed E-state index contributed by atoms with van der Waals surface area (Å²) in [5.41, 5.74) is 0. The minimum absolute atomic E-state index is 0.163. The van der Waals surface area contributed by atoms with Crippen LogP contribution in [0.5, 0.6) is 5.75 Å². The van der Waals surface area contributed by atoms with Gasteiger partial charge in [-0.2, -0.15) is 0 Å². The van der Waals surface area contributed by atoms with Crippen molar-refractivity contribution in [1.29, 1.82) is 0 Å². The second kappa shape index (κ2) is 10.4. The number of carbonyl (C=O) groups excluding carboxylic acids is 3. The number of esters is 1. The summed E-state index contributed by atoms with van der Waals surface area (Å²) in [5.74, 6) is 0.305. The summed E-state index contributed by atoms with van der Waals surface area (Å²) >= 11 is 0. The molecule has 6 nitrogen and oxygen atoms in total. The summed E-state index contributed by atoms with van der Waals surface area (Å²) in [6.07, 6.45) is 5.60. The third-order valence-electron chi connectivity index (χ3n) is 4.17. The maximum Gasteiger partial charge on any atom is 0.415 e. The fourth-order valence-corrected chi connectivity index (χ4v) is 2.89. The second-order valence-electron chi connectivity index (χ2n) is 6.11. The Morgan fingerprint density at radius 2 is 2.04 bits per heavy atom. The molecule has 1 fully saturated rings. The van der Waals surface area contributed by atoms with Crippen molar-refractivity contribution in [2.75, 3.05) is 13.2 Å². The van der Waals surface area contributed by atoms with Crippen molar-refractivity contribution < 1.29 is 23.9 Å². The second-order valence-corrected chi connectivity index (χ2v) is 6.11. The molecule has 0 bridgehead atoms. The van der Waals surface area contributed by atoms with Gasteiger partial charge in [-0.05, 0) is 38.3 Å². The number of allylic oxidation sites excluding steroid dienone is 1. The zero-order valence-corrected chi connectivity index (χ0v) is 15.1. The van der Waals surface area contributed by atoms with Crippen LogP contribution in [0.25, 0.3) is 0 Å². The van der Waals surface area contributed by atoms with E-state index in [1.807, 2.05) is 6.07 Å². The Labute approximate surface area is 153 Å². The number of rotatable bonds is 7. The number of unbranched alkanes of at least 4 members (excludes halogenated alkanes) is 1. The van der Waals surface area contributed by atoms with Crippen molar-refractivity contribution in [3.05, 3.63) is 42.5 Å². The molecular formula is C20H25NO5. The number of ether oxygens (including phenoxy) is 2. The highest BCUT2D eigenvalue weighted by atomic mass is 16.6. The molecule has 1 atom stereocenters. The van der Waals surface area contributed by atoms with Crippen molar-refractivity contribution in [3.8, 4) is 5.75 Å². The lowest BCUT2D eigenvalue weighted by Crippen LogP contribution is -2.47. The number of piperidine rings is 1. The van der Waals surface area contributed by atoms with Gasteiger partial charge in [-0.25, -0.2) is 9.59 Å². The number of likely N-dealkylation sites (tertiary alicyclic amines) is 1. The topological polar surface area (TPSA) is 72.9 Å². The SMILES string of the molecule is CCOC(=O)/C=C/CCCC1CC(=O)CCN1C(=O)Oc1ccccc1. The molecule has 0 saturated carbocycles. The van der Waals surface area contributed by atoms with Crippen LogP contribution in [0.1, 0.15) is 39.0 Å². The molecule has 1 unspecified atom stereocenters. The van der Waals surface area contributed by atoms with Crippen LogP contribution in [0.4, 0.5) is 4.79 Å². The largest absolute Gasteiger partial charge is 0.463 e. The van der Waals surface area contributed by atoms with E-state index in [4.69, 9.17) is 9.47 Å². The fraction of sp³-hybridized carbons (Fsp3) is 0.450. The average molecular weight is 359 g/mol. The fourth-order valence-electron chi connectivity index (χ4n) is 2.89. The quantitative estimate of drug-likeness (QED) is 0.423. The average Bonchev–Trinajstić information content (AvgIpc) is 2.62. The van der Waals surface area contributed by atoms with E-state index < -0.39 is 6.09 Å². The highest BCUT2D eigenvalue weighted by Crippen LogP contribution is 2.21. The van der Waals surface area contributed by atoms with Crippen molar-refractivity contribution >= 4 is 17.8 Å². The molecule has 0 spiro atoms.